The molecule has 1 amide bonds. The molecule has 0 saturated carbocycles. The molecule has 1 aromatic carbocycles. The monoisotopic (exact) mass is 302 g/mol. The molecule has 21 heavy (non-hydrogen) atoms. The second-order valence-electron chi connectivity index (χ2n) is 5.24. The van der Waals surface area contributed by atoms with E-state index in [1.165, 1.54) is 22.9 Å². The molecule has 3 rings (SSSR count). The van der Waals surface area contributed by atoms with Crippen LogP contribution in [0.4, 0.5) is 0 Å². The summed E-state index contributed by atoms with van der Waals surface area (Å²) in [7, 11) is 0. The van der Waals surface area contributed by atoms with Crippen LogP contribution in [0.3, 0.4) is 0 Å². The van der Waals surface area contributed by atoms with Gasteiger partial charge < -0.3 is 4.90 Å². The number of hydrogen-bond acceptors (Lipinski definition) is 4. The summed E-state index contributed by atoms with van der Waals surface area (Å²) in [5, 5.41) is 7.33. The summed E-state index contributed by atoms with van der Waals surface area (Å²) < 4.78 is 0. The van der Waals surface area contributed by atoms with E-state index >= 15 is 0 Å². The standard InChI is InChI=1S/C15H18N4OS/c1-10(21-15-16-11(2)17-18-15)14(20)19-8-7-12-5-3-4-6-13(12)9-19/h3-6,10H,7-9H2,1-2H3,(H,16,17,18)/t10-/m1/s1. The average molecular weight is 302 g/mol. The Morgan fingerprint density at radius 1 is 1.38 bits per heavy atom. The molecular formula is C15H18N4OS. The minimum absolute atomic E-state index is 0.150. The van der Waals surface area contributed by atoms with Gasteiger partial charge in [0.2, 0.25) is 11.1 Å². The van der Waals surface area contributed by atoms with E-state index in [1.54, 1.807) is 0 Å². The smallest absolute Gasteiger partial charge is 0.236 e. The van der Waals surface area contributed by atoms with Gasteiger partial charge in [0.15, 0.2) is 0 Å². The van der Waals surface area contributed by atoms with Crippen LogP contribution in [0.25, 0.3) is 0 Å². The van der Waals surface area contributed by atoms with Crippen molar-refractivity contribution in [1.82, 2.24) is 20.1 Å². The maximum absolute atomic E-state index is 12.6. The third-order valence-electron chi connectivity index (χ3n) is 3.65. The highest BCUT2D eigenvalue weighted by molar-refractivity contribution is 8.00. The predicted octanol–water partition coefficient (Wildman–Crippen LogP) is 2.18. The molecule has 0 fully saturated rings. The lowest BCUT2D eigenvalue weighted by Gasteiger charge is -2.30. The Hall–Kier alpha value is -1.82. The molecular weight excluding hydrogens is 284 g/mol. The zero-order chi connectivity index (χ0) is 14.8. The van der Waals surface area contributed by atoms with Gasteiger partial charge in [-0.2, -0.15) is 0 Å². The van der Waals surface area contributed by atoms with Crippen LogP contribution in [-0.2, 0) is 17.8 Å². The van der Waals surface area contributed by atoms with Crippen LogP contribution < -0.4 is 0 Å². The molecule has 1 aliphatic heterocycles. The van der Waals surface area contributed by atoms with E-state index in [-0.39, 0.29) is 11.2 Å². The summed E-state index contributed by atoms with van der Waals surface area (Å²) in [6.07, 6.45) is 0.930. The Balaban J connectivity index is 1.66. The number of benzene rings is 1. The van der Waals surface area contributed by atoms with Crippen molar-refractivity contribution in [3.63, 3.8) is 0 Å². The highest BCUT2D eigenvalue weighted by atomic mass is 32.2. The van der Waals surface area contributed by atoms with Crippen LogP contribution in [-0.4, -0.2) is 37.8 Å². The lowest BCUT2D eigenvalue weighted by molar-refractivity contribution is -0.131. The molecule has 0 spiro atoms. The van der Waals surface area contributed by atoms with E-state index in [4.69, 9.17) is 0 Å². The molecule has 0 saturated heterocycles. The van der Waals surface area contributed by atoms with Crippen molar-refractivity contribution in [3.05, 3.63) is 41.2 Å². The largest absolute Gasteiger partial charge is 0.337 e. The number of thioether (sulfide) groups is 1. The molecule has 6 heteroatoms. The third-order valence-corrected chi connectivity index (χ3v) is 4.60. The van der Waals surface area contributed by atoms with Gasteiger partial charge in [-0.15, -0.1) is 5.10 Å². The topological polar surface area (TPSA) is 61.9 Å². The van der Waals surface area contributed by atoms with Gasteiger partial charge in [-0.25, -0.2) is 4.98 Å². The van der Waals surface area contributed by atoms with E-state index in [0.29, 0.717) is 11.7 Å². The van der Waals surface area contributed by atoms with E-state index < -0.39 is 0 Å². The lowest BCUT2D eigenvalue weighted by atomic mass is 10.00. The fraction of sp³-hybridized carbons (Fsp3) is 0.400. The van der Waals surface area contributed by atoms with E-state index in [0.717, 1.165) is 18.8 Å². The lowest BCUT2D eigenvalue weighted by Crippen LogP contribution is -2.40. The van der Waals surface area contributed by atoms with Crippen LogP contribution in [0.5, 0.6) is 0 Å². The summed E-state index contributed by atoms with van der Waals surface area (Å²) in [6, 6.07) is 8.33. The van der Waals surface area contributed by atoms with Crippen LogP contribution >= 0.6 is 11.8 Å². The highest BCUT2D eigenvalue weighted by Crippen LogP contribution is 2.24. The number of carbonyl (C=O) groups excluding carboxylic acids is 1. The fourth-order valence-electron chi connectivity index (χ4n) is 2.52. The molecule has 2 aromatic rings. The van der Waals surface area contributed by atoms with E-state index in [2.05, 4.69) is 33.4 Å². The first-order valence-electron chi connectivity index (χ1n) is 7.04. The van der Waals surface area contributed by atoms with Crippen LogP contribution in [0.2, 0.25) is 0 Å². The zero-order valence-corrected chi connectivity index (χ0v) is 13.0. The summed E-state index contributed by atoms with van der Waals surface area (Å²) in [4.78, 5) is 18.7. The molecule has 5 nitrogen and oxygen atoms in total. The van der Waals surface area contributed by atoms with Crippen molar-refractivity contribution in [2.24, 2.45) is 0 Å². The molecule has 1 N–H and O–H groups in total. The molecule has 1 aromatic heterocycles. The number of aryl methyl sites for hydroxylation is 1. The molecule has 0 radical (unpaired) electrons. The number of rotatable bonds is 3. The van der Waals surface area contributed by atoms with Crippen molar-refractivity contribution in [1.29, 1.82) is 0 Å². The molecule has 1 atom stereocenters. The number of H-pyrrole nitrogens is 1. The number of hydrogen-bond donors (Lipinski definition) is 1. The number of carbonyl (C=O) groups is 1. The fourth-order valence-corrected chi connectivity index (χ4v) is 3.38. The van der Waals surface area contributed by atoms with Gasteiger partial charge in [-0.3, -0.25) is 9.89 Å². The van der Waals surface area contributed by atoms with Crippen LogP contribution in [0, 0.1) is 6.92 Å². The van der Waals surface area contributed by atoms with Crippen LogP contribution in [0.1, 0.15) is 23.9 Å². The number of aromatic amines is 1. The Kier molecular flexibility index (Phi) is 3.96. The summed E-state index contributed by atoms with van der Waals surface area (Å²) in [5.41, 5.74) is 2.61. The average Bonchev–Trinajstić information content (AvgIpc) is 2.91. The predicted molar refractivity (Wildman–Crippen MR) is 82.0 cm³/mol. The highest BCUT2D eigenvalue weighted by Gasteiger charge is 2.25. The number of fused-ring (bicyclic) bond motifs is 1. The minimum Gasteiger partial charge on any atom is -0.337 e. The number of aromatic nitrogens is 3. The first-order chi connectivity index (χ1) is 10.1. The van der Waals surface area contributed by atoms with Gasteiger partial charge in [0.1, 0.15) is 5.82 Å². The first-order valence-corrected chi connectivity index (χ1v) is 7.92. The summed E-state index contributed by atoms with van der Waals surface area (Å²) in [5.74, 6) is 0.918. The molecule has 110 valence electrons. The number of nitrogens with one attached hydrogen (secondary N) is 1. The van der Waals surface area contributed by atoms with Gasteiger partial charge in [0.25, 0.3) is 0 Å². The first kappa shape index (κ1) is 14.1. The van der Waals surface area contributed by atoms with Gasteiger partial charge in [-0.1, -0.05) is 36.0 Å². The Morgan fingerprint density at radius 2 is 2.14 bits per heavy atom. The second-order valence-corrected chi connectivity index (χ2v) is 6.55. The van der Waals surface area contributed by atoms with Gasteiger partial charge >= 0.3 is 0 Å². The molecule has 0 unspecified atom stereocenters. The molecule has 0 bridgehead atoms. The van der Waals surface area contributed by atoms with E-state index in [9.17, 15) is 4.79 Å². The number of amides is 1. The molecule has 2 heterocycles. The maximum Gasteiger partial charge on any atom is 0.236 e. The van der Waals surface area contributed by atoms with Crippen molar-refractivity contribution < 1.29 is 4.79 Å². The summed E-state index contributed by atoms with van der Waals surface area (Å²) in [6.45, 7) is 5.25. The van der Waals surface area contributed by atoms with Gasteiger partial charge in [0.05, 0.1) is 5.25 Å². The molecule has 1 aliphatic rings. The van der Waals surface area contributed by atoms with Gasteiger partial charge in [-0.05, 0) is 31.4 Å². The Bertz CT molecular complexity index is 655. The maximum atomic E-state index is 12.6. The second kappa shape index (κ2) is 5.89. The Morgan fingerprint density at radius 3 is 2.86 bits per heavy atom. The quantitative estimate of drug-likeness (QED) is 0.883. The third kappa shape index (κ3) is 3.10. The normalized spacial score (nSPS) is 15.6. The van der Waals surface area contributed by atoms with Crippen LogP contribution in [0.15, 0.2) is 29.4 Å². The van der Waals surface area contributed by atoms with Crippen molar-refractivity contribution in [2.45, 2.75) is 37.2 Å². The molecule has 0 aliphatic carbocycles. The zero-order valence-electron chi connectivity index (χ0n) is 12.2. The van der Waals surface area contributed by atoms with Crippen molar-refractivity contribution >= 4 is 17.7 Å². The Labute approximate surface area is 128 Å². The summed E-state index contributed by atoms with van der Waals surface area (Å²) >= 11 is 1.40. The SMILES string of the molecule is Cc1nc(S[C@H](C)C(=O)N2CCc3ccccc3C2)n[nH]1. The van der Waals surface area contributed by atoms with E-state index in [1.807, 2.05) is 24.8 Å². The number of nitrogens with zero attached hydrogens (tertiary/aromatic N) is 3. The van der Waals surface area contributed by atoms with Crippen molar-refractivity contribution in [2.75, 3.05) is 6.54 Å². The minimum atomic E-state index is -0.175. The van der Waals surface area contributed by atoms with Crippen molar-refractivity contribution in [3.8, 4) is 0 Å². The van der Waals surface area contributed by atoms with Gasteiger partial charge in [0, 0.05) is 13.1 Å².